The summed E-state index contributed by atoms with van der Waals surface area (Å²) >= 11 is 0. The molecule has 3 atom stereocenters. The SMILES string of the molecule is CC(C)CC(N)C(=O)O.NC(Cc1ccccc1)C(=O)O.NC(N)=NCCCC(N)C(=O)O. The van der Waals surface area contributed by atoms with Crippen molar-refractivity contribution < 1.29 is 29.7 Å². The highest BCUT2D eigenvalue weighted by atomic mass is 16.4. The molecule has 0 bridgehead atoms. The second-order valence-corrected chi connectivity index (χ2v) is 7.60. The van der Waals surface area contributed by atoms with Crippen molar-refractivity contribution >= 4 is 23.9 Å². The first-order valence-corrected chi connectivity index (χ1v) is 10.3. The molecule has 0 aliphatic heterocycles. The van der Waals surface area contributed by atoms with Crippen LogP contribution < -0.4 is 28.7 Å². The van der Waals surface area contributed by atoms with E-state index in [0.29, 0.717) is 38.1 Å². The number of guanidine groups is 1. The quantitative estimate of drug-likeness (QED) is 0.116. The topological polar surface area (TPSA) is 254 Å². The van der Waals surface area contributed by atoms with Gasteiger partial charge in [-0.3, -0.25) is 19.4 Å². The maximum atomic E-state index is 10.4. The van der Waals surface area contributed by atoms with Crippen LogP contribution in [0.15, 0.2) is 35.3 Å². The Morgan fingerprint density at radius 2 is 1.33 bits per heavy atom. The van der Waals surface area contributed by atoms with E-state index in [4.69, 9.17) is 44.0 Å². The van der Waals surface area contributed by atoms with Gasteiger partial charge < -0.3 is 44.0 Å². The molecule has 3 unspecified atom stereocenters. The van der Waals surface area contributed by atoms with Crippen LogP contribution in [0.5, 0.6) is 0 Å². The van der Waals surface area contributed by atoms with Crippen LogP contribution in [0.1, 0.15) is 38.7 Å². The molecule has 188 valence electrons. The standard InChI is InChI=1S/C9H11NO2.C6H14N4O2.C6H13NO2/c10-8(9(11)12)6-7-4-2-1-3-5-7;7-4(5(11)12)2-1-3-10-6(8)9;1-4(2)3-5(7)6(8)9/h1-5,8H,6,10H2,(H,11,12);4H,1-3,7H2,(H,11,12)(H4,8,9,10);4-5H,3,7H2,1-2H3,(H,8,9). The van der Waals surface area contributed by atoms with E-state index in [1.54, 1.807) is 0 Å². The third-order valence-electron chi connectivity index (χ3n) is 3.94. The number of hydrogen-bond donors (Lipinski definition) is 8. The van der Waals surface area contributed by atoms with Gasteiger partial charge in [0.15, 0.2) is 5.96 Å². The number of carboxylic acids is 3. The first kappa shape index (κ1) is 32.0. The summed E-state index contributed by atoms with van der Waals surface area (Å²) < 4.78 is 0. The number of carboxylic acid groups (broad SMARTS) is 3. The summed E-state index contributed by atoms with van der Waals surface area (Å²) in [5.74, 6) is -2.50. The number of aliphatic imine (C=N–C) groups is 1. The van der Waals surface area contributed by atoms with Crippen LogP contribution in [0.4, 0.5) is 0 Å². The van der Waals surface area contributed by atoms with Crippen molar-refractivity contribution in [2.24, 2.45) is 39.6 Å². The van der Waals surface area contributed by atoms with Gasteiger partial charge in [-0.25, -0.2) is 0 Å². The monoisotopic (exact) mass is 470 g/mol. The van der Waals surface area contributed by atoms with Crippen molar-refractivity contribution in [3.8, 4) is 0 Å². The zero-order valence-electron chi connectivity index (χ0n) is 19.1. The van der Waals surface area contributed by atoms with E-state index in [0.717, 1.165) is 5.56 Å². The molecule has 1 aromatic carbocycles. The summed E-state index contributed by atoms with van der Waals surface area (Å²) in [6, 6.07) is 7.03. The fourth-order valence-electron chi connectivity index (χ4n) is 2.21. The van der Waals surface area contributed by atoms with Crippen LogP contribution in [-0.2, 0) is 20.8 Å². The predicted molar refractivity (Wildman–Crippen MR) is 126 cm³/mol. The van der Waals surface area contributed by atoms with Crippen molar-refractivity contribution in [2.75, 3.05) is 6.54 Å². The molecule has 0 aromatic heterocycles. The second-order valence-electron chi connectivity index (χ2n) is 7.60. The lowest BCUT2D eigenvalue weighted by atomic mass is 10.1. The maximum Gasteiger partial charge on any atom is 0.320 e. The predicted octanol–water partition coefficient (Wildman–Crippen LogP) is -0.463. The zero-order chi connectivity index (χ0) is 26.0. The van der Waals surface area contributed by atoms with E-state index in [1.165, 1.54) is 0 Å². The number of hydrogen-bond acceptors (Lipinski definition) is 7. The molecule has 0 heterocycles. The molecule has 1 rings (SSSR count). The minimum Gasteiger partial charge on any atom is -0.480 e. The minimum absolute atomic E-state index is 0.0129. The number of nitrogens with zero attached hydrogens (tertiary/aromatic N) is 1. The summed E-state index contributed by atoms with van der Waals surface area (Å²) in [5, 5.41) is 25.2. The van der Waals surface area contributed by atoms with E-state index >= 15 is 0 Å². The molecule has 0 radical (unpaired) electrons. The van der Waals surface area contributed by atoms with Gasteiger partial charge in [-0.05, 0) is 37.2 Å². The van der Waals surface area contributed by atoms with Crippen LogP contribution in [0, 0.1) is 5.92 Å². The van der Waals surface area contributed by atoms with E-state index in [-0.39, 0.29) is 5.96 Å². The van der Waals surface area contributed by atoms with Crippen molar-refractivity contribution in [3.63, 3.8) is 0 Å². The Kier molecular flexibility index (Phi) is 17.8. The Labute approximate surface area is 193 Å². The molecule has 0 amide bonds. The van der Waals surface area contributed by atoms with Gasteiger partial charge in [0.1, 0.15) is 18.1 Å². The van der Waals surface area contributed by atoms with Gasteiger partial charge in [0.2, 0.25) is 0 Å². The van der Waals surface area contributed by atoms with Gasteiger partial charge in [0.25, 0.3) is 0 Å². The third-order valence-corrected chi connectivity index (χ3v) is 3.94. The smallest absolute Gasteiger partial charge is 0.320 e. The highest BCUT2D eigenvalue weighted by molar-refractivity contribution is 5.75. The summed E-state index contributed by atoms with van der Waals surface area (Å²) in [4.78, 5) is 34.4. The summed E-state index contributed by atoms with van der Waals surface area (Å²) in [6.45, 7) is 4.31. The molecule has 0 saturated heterocycles. The highest BCUT2D eigenvalue weighted by Crippen LogP contribution is 2.02. The minimum atomic E-state index is -1.00. The summed E-state index contributed by atoms with van der Waals surface area (Å²) in [7, 11) is 0. The van der Waals surface area contributed by atoms with Gasteiger partial charge in [-0.2, -0.15) is 0 Å². The lowest BCUT2D eigenvalue weighted by Crippen LogP contribution is -2.32. The summed E-state index contributed by atoms with van der Waals surface area (Å²) in [6.07, 6.45) is 1.89. The fraction of sp³-hybridized carbons (Fsp3) is 0.524. The molecule has 0 aliphatic rings. The van der Waals surface area contributed by atoms with Crippen LogP contribution in [0.3, 0.4) is 0 Å². The highest BCUT2D eigenvalue weighted by Gasteiger charge is 2.12. The van der Waals surface area contributed by atoms with Crippen molar-refractivity contribution in [3.05, 3.63) is 35.9 Å². The van der Waals surface area contributed by atoms with Gasteiger partial charge in [-0.1, -0.05) is 44.2 Å². The van der Waals surface area contributed by atoms with Crippen LogP contribution in [0.2, 0.25) is 0 Å². The molecule has 13 N–H and O–H groups in total. The van der Waals surface area contributed by atoms with Gasteiger partial charge in [0, 0.05) is 6.54 Å². The van der Waals surface area contributed by atoms with Crippen molar-refractivity contribution in [2.45, 2.75) is 57.7 Å². The van der Waals surface area contributed by atoms with E-state index < -0.39 is 36.0 Å². The molecule has 33 heavy (non-hydrogen) atoms. The van der Waals surface area contributed by atoms with Crippen LogP contribution in [-0.4, -0.2) is 63.9 Å². The average molecular weight is 471 g/mol. The van der Waals surface area contributed by atoms with Crippen LogP contribution >= 0.6 is 0 Å². The Balaban J connectivity index is 0. The Bertz CT molecular complexity index is 725. The number of carbonyl (C=O) groups is 3. The largest absolute Gasteiger partial charge is 0.480 e. The maximum absolute atomic E-state index is 10.4. The average Bonchev–Trinajstić information content (AvgIpc) is 2.71. The van der Waals surface area contributed by atoms with Crippen molar-refractivity contribution in [1.82, 2.24) is 0 Å². The molecule has 0 fully saturated rings. The van der Waals surface area contributed by atoms with Gasteiger partial charge >= 0.3 is 17.9 Å². The molecule has 12 nitrogen and oxygen atoms in total. The lowest BCUT2D eigenvalue weighted by molar-refractivity contribution is -0.139. The first-order chi connectivity index (χ1) is 15.3. The van der Waals surface area contributed by atoms with E-state index in [9.17, 15) is 14.4 Å². The lowest BCUT2D eigenvalue weighted by Gasteiger charge is -2.07. The Morgan fingerprint density at radius 1 is 0.848 bits per heavy atom. The zero-order valence-corrected chi connectivity index (χ0v) is 19.1. The molecule has 0 spiro atoms. The molecule has 12 heteroatoms. The van der Waals surface area contributed by atoms with Crippen molar-refractivity contribution in [1.29, 1.82) is 0 Å². The number of aliphatic carboxylic acids is 3. The number of benzene rings is 1. The molecule has 0 aliphatic carbocycles. The van der Waals surface area contributed by atoms with Crippen LogP contribution in [0.25, 0.3) is 0 Å². The molecular formula is C21H38N6O6. The second kappa shape index (κ2) is 18.4. The first-order valence-electron chi connectivity index (χ1n) is 10.3. The van der Waals surface area contributed by atoms with Gasteiger partial charge in [-0.15, -0.1) is 0 Å². The molecule has 1 aromatic rings. The molecule has 0 saturated carbocycles. The Morgan fingerprint density at radius 3 is 1.70 bits per heavy atom. The normalized spacial score (nSPS) is 12.7. The van der Waals surface area contributed by atoms with Gasteiger partial charge in [0.05, 0.1) is 0 Å². The fourth-order valence-corrected chi connectivity index (χ4v) is 2.21. The molecular weight excluding hydrogens is 432 g/mol. The third kappa shape index (κ3) is 20.4. The summed E-state index contributed by atoms with van der Waals surface area (Å²) in [5.41, 5.74) is 26.8. The number of rotatable bonds is 11. The van der Waals surface area contributed by atoms with E-state index in [1.807, 2.05) is 44.2 Å². The number of nitrogens with two attached hydrogens (primary N) is 5. The Hall–Kier alpha value is -3.22. The van der Waals surface area contributed by atoms with E-state index in [2.05, 4.69) is 4.99 Å².